The fourth-order valence-corrected chi connectivity index (χ4v) is 7.80. The third-order valence-electron chi connectivity index (χ3n) is 11.3. The smallest absolute Gasteiger partial charge is 0.358 e. The van der Waals surface area contributed by atoms with E-state index in [9.17, 15) is 0 Å². The summed E-state index contributed by atoms with van der Waals surface area (Å²) in [5.41, 5.74) is 1.59. The second kappa shape index (κ2) is 98.5. The zero-order valence-corrected chi connectivity index (χ0v) is 58.1. The number of nitrogens with zero attached hydrogens (tertiary/aromatic N) is 2. The van der Waals surface area contributed by atoms with Crippen LogP contribution < -0.4 is 0 Å². The summed E-state index contributed by atoms with van der Waals surface area (Å²) in [7, 11) is 0. The Hall–Kier alpha value is 3.37. The van der Waals surface area contributed by atoms with Crippen LogP contribution in [0.15, 0.2) is 12.2 Å². The van der Waals surface area contributed by atoms with Crippen molar-refractivity contribution in [2.24, 2.45) is 16.7 Å². The Morgan fingerprint density at radius 2 is 0.642 bits per heavy atom. The van der Waals surface area contributed by atoms with Crippen LogP contribution in [0.5, 0.6) is 0 Å². The molecule has 0 unspecified atom stereocenters. The third kappa shape index (κ3) is 80.9. The molecule has 8 radical (unpaired) electrons. The van der Waals surface area contributed by atoms with Crippen molar-refractivity contribution in [3.63, 3.8) is 0 Å². The molecule has 416 valence electrons. The van der Waals surface area contributed by atoms with E-state index in [0.717, 1.165) is 35.3 Å². The van der Waals surface area contributed by atoms with Crippen molar-refractivity contribution in [2.75, 3.05) is 26.2 Å². The van der Waals surface area contributed by atoms with Crippen molar-refractivity contribution in [2.45, 2.75) is 281 Å². The van der Waals surface area contributed by atoms with Crippen LogP contribution in [0.4, 0.5) is 0 Å². The van der Waals surface area contributed by atoms with Crippen molar-refractivity contribution in [3.8, 4) is 0 Å². The molecule has 4 fully saturated rings. The van der Waals surface area contributed by atoms with Gasteiger partial charge in [-0.25, -0.2) is 0 Å². The average Bonchev–Trinajstić information content (AvgIpc) is 3.70. The first-order chi connectivity index (χ1) is 22.5. The summed E-state index contributed by atoms with van der Waals surface area (Å²) in [6, 6.07) is 1.53. The molecule has 0 amide bonds. The van der Waals surface area contributed by atoms with Crippen LogP contribution in [0, 0.1) is 76.2 Å². The minimum Gasteiger partial charge on any atom is -0.358 e. The van der Waals surface area contributed by atoms with Gasteiger partial charge in [0.2, 0.25) is 0 Å². The summed E-state index contributed by atoms with van der Waals surface area (Å²) < 4.78 is 0. The van der Waals surface area contributed by atoms with Crippen molar-refractivity contribution in [1.82, 2.24) is 9.80 Å². The molecule has 0 aromatic heterocycles. The van der Waals surface area contributed by atoms with Gasteiger partial charge in [-0.05, 0) is 135 Å². The van der Waals surface area contributed by atoms with E-state index in [0.29, 0.717) is 0 Å². The van der Waals surface area contributed by atoms with Crippen LogP contribution in [0.1, 0.15) is 269 Å². The summed E-state index contributed by atoms with van der Waals surface area (Å²) in [4.78, 5) is 5.28. The first-order valence-electron chi connectivity index (χ1n) is 21.5. The Labute approximate surface area is 524 Å². The second-order valence-corrected chi connectivity index (χ2v) is 16.5. The van der Waals surface area contributed by atoms with Gasteiger partial charge in [-0.3, -0.25) is 0 Å². The van der Waals surface area contributed by atoms with E-state index in [1.54, 1.807) is 0 Å². The van der Waals surface area contributed by atoms with E-state index in [1.165, 1.54) is 155 Å². The fourth-order valence-electron chi connectivity index (χ4n) is 7.80. The van der Waals surface area contributed by atoms with E-state index in [2.05, 4.69) is 105 Å². The quantitative estimate of drug-likeness (QED) is 0.129. The van der Waals surface area contributed by atoms with E-state index >= 15 is 0 Å². The summed E-state index contributed by atoms with van der Waals surface area (Å²) >= 11 is 0. The normalized spacial score (nSPS) is 14.1. The molecular formula is C59H142B2N2W2Y2-4. The number of piperidine rings is 2. The molecule has 4 aliphatic rings. The summed E-state index contributed by atoms with van der Waals surface area (Å²) in [5, 5.41) is 0. The minimum atomic E-state index is 0. The van der Waals surface area contributed by atoms with Crippen LogP contribution in [0.3, 0.4) is 0 Å². The number of hydrogen-bond donors (Lipinski definition) is 0. The predicted molar refractivity (Wildman–Crippen MR) is 322 cm³/mol. The molecule has 0 aromatic rings. The Bertz CT molecular complexity index is 620. The maximum atomic E-state index is 2.64. The first-order valence-corrected chi connectivity index (χ1v) is 21.5. The van der Waals surface area contributed by atoms with Crippen LogP contribution >= 0.6 is 0 Å². The van der Waals surface area contributed by atoms with Gasteiger partial charge in [0.05, 0.1) is 0 Å². The van der Waals surface area contributed by atoms with E-state index in [4.69, 9.17) is 0 Å². The third-order valence-corrected chi connectivity index (χ3v) is 11.3. The maximum Gasteiger partial charge on any atom is 2.00 e. The van der Waals surface area contributed by atoms with E-state index < -0.39 is 0 Å². The van der Waals surface area contributed by atoms with Crippen LogP contribution in [0.25, 0.3) is 0 Å². The number of unbranched alkanes of at least 4 members (excludes halogenated alkanes) is 4. The predicted octanol–water partition coefficient (Wildman–Crippen LogP) is 21.6. The molecule has 2 saturated carbocycles. The molecule has 2 aliphatic carbocycles. The SMILES string of the molecule is C.C.C.C.C.C.CC(C)N1CCC2(CCCC2)CC1.CC(C)N1CCC2(CCCC2)CC1.CC=CCC.CCCC(C)C.CCCCC.CCCCC.[B].[B].[CH3-].[CH3-].[CH3-].[CH3-].[CH3-].[CH3-].[CH3-].[CH3-].[W+2].[W+2].[Y].[Y]. The van der Waals surface area contributed by atoms with Crippen molar-refractivity contribution < 1.29 is 108 Å². The molecule has 2 spiro atoms. The largest absolute Gasteiger partial charge is 2.00 e. The Morgan fingerprint density at radius 3 is 0.731 bits per heavy atom. The van der Waals surface area contributed by atoms with Gasteiger partial charge in [0, 0.05) is 94.3 Å². The molecule has 0 bridgehead atoms. The second-order valence-electron chi connectivity index (χ2n) is 16.5. The van der Waals surface area contributed by atoms with Gasteiger partial charge in [0.25, 0.3) is 0 Å². The molecule has 2 nitrogen and oxygen atoms in total. The monoisotopic (exact) mass is 1450 g/mol. The van der Waals surface area contributed by atoms with Crippen LogP contribution in [0.2, 0.25) is 0 Å². The molecule has 8 heteroatoms. The van der Waals surface area contributed by atoms with Gasteiger partial charge in [0.1, 0.15) is 0 Å². The van der Waals surface area contributed by atoms with Crippen molar-refractivity contribution >= 4 is 16.8 Å². The standard InChI is InChI=1S/2C12H23N.C6H14.2C5H12.C5H10.6CH4.8CH3.2B.2W.2Y/c2*1-11(2)13-9-7-12(8-10-13)5-3-4-6-12;1-4-5-6(2)3;3*1-3-5-4-2;;;;;;;;;;;;;;;;;;;;/h2*11H,3-10H2,1-2H3;6H,4-5H2,1-3H3;2*3-5H2,1-2H3;3,5H,4H2,1-2H3;6*1H4;8*1H3;;;;;;/q;;;;;;;;;;;;8*-1;;;2*+2;;. The van der Waals surface area contributed by atoms with Gasteiger partial charge in [-0.2, -0.15) is 0 Å². The number of allylic oxidation sites excluding steroid dienone is 2. The fraction of sp³-hybridized carbons (Fsp3) is 0.831. The number of likely N-dealkylation sites (tertiary alicyclic amines) is 2. The Balaban J connectivity index is -0.0000000179. The Kier molecular flexibility index (Phi) is 213. The van der Waals surface area contributed by atoms with Gasteiger partial charge in [-0.1, -0.05) is 189 Å². The maximum absolute atomic E-state index is 2.64. The topological polar surface area (TPSA) is 6.48 Å². The van der Waals surface area contributed by atoms with Crippen molar-refractivity contribution in [3.05, 3.63) is 71.6 Å². The number of hydrogen-bond acceptors (Lipinski definition) is 2. The zero-order valence-electron chi connectivity index (χ0n) is 46.6. The van der Waals surface area contributed by atoms with Crippen LogP contribution in [-0.4, -0.2) is 64.9 Å². The molecule has 0 aromatic carbocycles. The summed E-state index contributed by atoms with van der Waals surface area (Å²) in [5.74, 6) is 0.898. The van der Waals surface area contributed by atoms with Gasteiger partial charge in [0.15, 0.2) is 0 Å². The first kappa shape index (κ1) is 145. The van der Waals surface area contributed by atoms with Gasteiger partial charge in [-0.15, -0.1) is 0 Å². The molecule has 4 rings (SSSR count). The summed E-state index contributed by atoms with van der Waals surface area (Å²) in [6.45, 7) is 34.5. The van der Waals surface area contributed by atoms with Gasteiger partial charge >= 0.3 is 42.1 Å². The Morgan fingerprint density at radius 1 is 0.418 bits per heavy atom. The van der Waals surface area contributed by atoms with Crippen molar-refractivity contribution in [1.29, 1.82) is 0 Å². The minimum absolute atomic E-state index is 0. The average molecular weight is 1450 g/mol. The molecule has 0 N–H and O–H groups in total. The molecule has 0 atom stereocenters. The number of rotatable bonds is 9. The molecule has 2 aliphatic heterocycles. The van der Waals surface area contributed by atoms with E-state index in [-0.39, 0.29) is 228 Å². The van der Waals surface area contributed by atoms with Gasteiger partial charge < -0.3 is 69.2 Å². The van der Waals surface area contributed by atoms with E-state index in [1.807, 2.05) is 6.92 Å². The zero-order chi connectivity index (χ0) is 36.0. The molecule has 2 saturated heterocycles. The molecule has 67 heavy (non-hydrogen) atoms. The van der Waals surface area contributed by atoms with Crippen LogP contribution in [-0.2, 0) is 108 Å². The molecule has 2 heterocycles. The summed E-state index contributed by atoms with van der Waals surface area (Å²) in [6.07, 6.45) is 34.2. The molecular weight excluding hydrogens is 1300 g/mol.